The van der Waals surface area contributed by atoms with Gasteiger partial charge in [-0.1, -0.05) is 30.3 Å². The molecule has 0 aliphatic carbocycles. The van der Waals surface area contributed by atoms with E-state index in [0.717, 1.165) is 5.56 Å². The molecule has 0 unspecified atom stereocenters. The largest absolute Gasteiger partial charge is 0.488 e. The van der Waals surface area contributed by atoms with Gasteiger partial charge in [0.2, 0.25) is 0 Å². The smallest absolute Gasteiger partial charge is 0.255 e. The Bertz CT molecular complexity index is 716. The van der Waals surface area contributed by atoms with Crippen LogP contribution in [0.1, 0.15) is 15.9 Å². The summed E-state index contributed by atoms with van der Waals surface area (Å²) < 4.78 is 6.17. The lowest BCUT2D eigenvalue weighted by Crippen LogP contribution is -2.12. The summed E-state index contributed by atoms with van der Waals surface area (Å²) in [5.74, 6) is 0.450. The summed E-state index contributed by atoms with van der Waals surface area (Å²) in [5, 5.41) is 3.43. The number of benzene rings is 2. The van der Waals surface area contributed by atoms with Crippen molar-refractivity contribution in [1.82, 2.24) is 0 Å². The van der Waals surface area contributed by atoms with Crippen LogP contribution < -0.4 is 10.1 Å². The van der Waals surface area contributed by atoms with Gasteiger partial charge in [0, 0.05) is 16.3 Å². The average Bonchev–Trinajstić information content (AvgIpc) is 2.49. The van der Waals surface area contributed by atoms with Gasteiger partial charge in [-0.3, -0.25) is 4.79 Å². The van der Waals surface area contributed by atoms with E-state index in [4.69, 9.17) is 16.3 Å². The van der Waals surface area contributed by atoms with E-state index in [1.165, 1.54) is 0 Å². The molecule has 22 heavy (non-hydrogen) atoms. The van der Waals surface area contributed by atoms with Crippen molar-refractivity contribution in [2.75, 3.05) is 11.9 Å². The molecule has 2 aromatic carbocycles. The maximum Gasteiger partial charge on any atom is 0.255 e. The highest BCUT2D eigenvalue weighted by Crippen LogP contribution is 2.27. The summed E-state index contributed by atoms with van der Waals surface area (Å²) in [6.45, 7) is 5.91. The standard InChI is InChI=1S/C17H15BrClNO2/c1-3-8-22-16-7-5-12(9-14(16)18)17(21)20-13-6-4-11(2)15(19)10-13/h3-7,9-10H,1,8H2,2H3,(H,20,21). The van der Waals surface area contributed by atoms with E-state index in [-0.39, 0.29) is 5.91 Å². The fourth-order valence-electron chi connectivity index (χ4n) is 1.78. The molecule has 2 aromatic rings. The number of hydrogen-bond donors (Lipinski definition) is 1. The van der Waals surface area contributed by atoms with Crippen LogP contribution in [0.15, 0.2) is 53.5 Å². The van der Waals surface area contributed by atoms with Gasteiger partial charge in [0.1, 0.15) is 12.4 Å². The fourth-order valence-corrected chi connectivity index (χ4v) is 2.46. The van der Waals surface area contributed by atoms with Crippen LogP contribution in [0.5, 0.6) is 5.75 Å². The summed E-state index contributed by atoms with van der Waals surface area (Å²) in [4.78, 5) is 12.3. The van der Waals surface area contributed by atoms with E-state index < -0.39 is 0 Å². The minimum absolute atomic E-state index is 0.212. The van der Waals surface area contributed by atoms with Crippen LogP contribution in [0.3, 0.4) is 0 Å². The molecule has 0 radical (unpaired) electrons. The first kappa shape index (κ1) is 16.6. The fraction of sp³-hybridized carbons (Fsp3) is 0.118. The molecule has 0 spiro atoms. The number of amides is 1. The lowest BCUT2D eigenvalue weighted by atomic mass is 10.2. The zero-order chi connectivity index (χ0) is 16.1. The molecule has 114 valence electrons. The third kappa shape index (κ3) is 4.12. The van der Waals surface area contributed by atoms with Crippen molar-refractivity contribution < 1.29 is 9.53 Å². The Kier molecular flexibility index (Phi) is 5.63. The van der Waals surface area contributed by atoms with Gasteiger partial charge in [0.05, 0.1) is 4.47 Å². The predicted molar refractivity (Wildman–Crippen MR) is 94.0 cm³/mol. The highest BCUT2D eigenvalue weighted by atomic mass is 79.9. The Balaban J connectivity index is 2.13. The van der Waals surface area contributed by atoms with E-state index >= 15 is 0 Å². The SMILES string of the molecule is C=CCOc1ccc(C(=O)Nc2ccc(C)c(Cl)c2)cc1Br. The van der Waals surface area contributed by atoms with E-state index in [9.17, 15) is 4.79 Å². The predicted octanol–water partition coefficient (Wildman–Crippen LogP) is 5.23. The molecule has 0 aliphatic rings. The number of rotatable bonds is 5. The molecule has 0 aliphatic heterocycles. The summed E-state index contributed by atoms with van der Waals surface area (Å²) in [6.07, 6.45) is 1.66. The Morgan fingerprint density at radius 3 is 2.77 bits per heavy atom. The third-order valence-corrected chi connectivity index (χ3v) is 4.01. The summed E-state index contributed by atoms with van der Waals surface area (Å²) in [6, 6.07) is 10.6. The Labute approximate surface area is 143 Å². The van der Waals surface area contributed by atoms with Crippen LogP contribution in [0.25, 0.3) is 0 Å². The van der Waals surface area contributed by atoms with Crippen molar-refractivity contribution in [2.24, 2.45) is 0 Å². The lowest BCUT2D eigenvalue weighted by molar-refractivity contribution is 0.102. The number of carbonyl (C=O) groups excluding carboxylic acids is 1. The molecule has 0 atom stereocenters. The normalized spacial score (nSPS) is 10.1. The van der Waals surface area contributed by atoms with Gasteiger partial charge in [0.15, 0.2) is 0 Å². The van der Waals surface area contributed by atoms with Crippen LogP contribution >= 0.6 is 27.5 Å². The molecule has 2 rings (SSSR count). The zero-order valence-electron chi connectivity index (χ0n) is 12.0. The molecule has 1 N–H and O–H groups in total. The summed E-state index contributed by atoms with van der Waals surface area (Å²) in [5.41, 5.74) is 2.14. The van der Waals surface area contributed by atoms with Crippen molar-refractivity contribution in [2.45, 2.75) is 6.92 Å². The van der Waals surface area contributed by atoms with Gasteiger partial charge in [-0.05, 0) is 58.7 Å². The molecule has 0 saturated heterocycles. The number of carbonyl (C=O) groups is 1. The Morgan fingerprint density at radius 2 is 2.14 bits per heavy atom. The van der Waals surface area contributed by atoms with Gasteiger partial charge in [-0.2, -0.15) is 0 Å². The molecule has 0 heterocycles. The van der Waals surface area contributed by atoms with Crippen LogP contribution in [0.4, 0.5) is 5.69 Å². The summed E-state index contributed by atoms with van der Waals surface area (Å²) in [7, 11) is 0. The monoisotopic (exact) mass is 379 g/mol. The van der Waals surface area contributed by atoms with Crippen LogP contribution in [-0.4, -0.2) is 12.5 Å². The molecule has 0 bridgehead atoms. The Hall–Kier alpha value is -1.78. The highest BCUT2D eigenvalue weighted by Gasteiger charge is 2.10. The molecule has 0 saturated carbocycles. The number of aryl methyl sites for hydroxylation is 1. The van der Waals surface area contributed by atoms with Gasteiger partial charge >= 0.3 is 0 Å². The minimum Gasteiger partial charge on any atom is -0.488 e. The lowest BCUT2D eigenvalue weighted by Gasteiger charge is -2.09. The number of hydrogen-bond acceptors (Lipinski definition) is 2. The maximum absolute atomic E-state index is 12.3. The number of ether oxygens (including phenoxy) is 1. The Morgan fingerprint density at radius 1 is 1.36 bits per heavy atom. The van der Waals surface area contributed by atoms with Gasteiger partial charge < -0.3 is 10.1 Å². The number of nitrogens with one attached hydrogen (secondary N) is 1. The molecular weight excluding hydrogens is 366 g/mol. The second-order valence-corrected chi connectivity index (χ2v) is 5.92. The van der Waals surface area contributed by atoms with Crippen molar-refractivity contribution in [3.8, 4) is 5.75 Å². The van der Waals surface area contributed by atoms with Crippen molar-refractivity contribution in [1.29, 1.82) is 0 Å². The van der Waals surface area contributed by atoms with Crippen LogP contribution in [0.2, 0.25) is 5.02 Å². The van der Waals surface area contributed by atoms with Crippen LogP contribution in [0, 0.1) is 6.92 Å². The topological polar surface area (TPSA) is 38.3 Å². The van der Waals surface area contributed by atoms with E-state index in [2.05, 4.69) is 27.8 Å². The number of halogens is 2. The molecule has 3 nitrogen and oxygen atoms in total. The van der Waals surface area contributed by atoms with Crippen LogP contribution in [-0.2, 0) is 0 Å². The third-order valence-electron chi connectivity index (χ3n) is 2.98. The van der Waals surface area contributed by atoms with Gasteiger partial charge in [0.25, 0.3) is 5.91 Å². The van der Waals surface area contributed by atoms with Crippen molar-refractivity contribution in [3.63, 3.8) is 0 Å². The molecule has 0 fully saturated rings. The molecule has 1 amide bonds. The molecule has 5 heteroatoms. The molecule has 0 aromatic heterocycles. The first-order valence-corrected chi connectivity index (χ1v) is 7.79. The second kappa shape index (κ2) is 7.47. The van der Waals surface area contributed by atoms with Crippen molar-refractivity contribution >= 4 is 39.1 Å². The zero-order valence-corrected chi connectivity index (χ0v) is 14.4. The van der Waals surface area contributed by atoms with Gasteiger partial charge in [-0.25, -0.2) is 0 Å². The number of anilines is 1. The maximum atomic E-state index is 12.3. The summed E-state index contributed by atoms with van der Waals surface area (Å²) >= 11 is 9.45. The second-order valence-electron chi connectivity index (χ2n) is 4.66. The first-order valence-electron chi connectivity index (χ1n) is 6.62. The average molecular weight is 381 g/mol. The van der Waals surface area contributed by atoms with E-state index in [1.54, 1.807) is 30.3 Å². The van der Waals surface area contributed by atoms with E-state index in [0.29, 0.717) is 33.1 Å². The highest BCUT2D eigenvalue weighted by molar-refractivity contribution is 9.10. The first-order chi connectivity index (χ1) is 10.5. The quantitative estimate of drug-likeness (QED) is 0.721. The van der Waals surface area contributed by atoms with E-state index in [1.807, 2.05) is 19.1 Å². The minimum atomic E-state index is -0.212. The molecular formula is C17H15BrClNO2. The van der Waals surface area contributed by atoms with Crippen molar-refractivity contribution in [3.05, 3.63) is 69.7 Å². The van der Waals surface area contributed by atoms with Gasteiger partial charge in [-0.15, -0.1) is 0 Å².